The molecule has 0 saturated carbocycles. The molecule has 0 aliphatic carbocycles. The molecular weight excluding hydrogens is 266 g/mol. The molecule has 7 heteroatoms. The molecule has 20 heavy (non-hydrogen) atoms. The molecular formula is C13H24NO6+. The van der Waals surface area contributed by atoms with E-state index in [9.17, 15) is 14.4 Å². The summed E-state index contributed by atoms with van der Waals surface area (Å²) < 4.78 is 5.65. The maximum atomic E-state index is 11.6. The van der Waals surface area contributed by atoms with Gasteiger partial charge < -0.3 is 19.4 Å². The fourth-order valence-electron chi connectivity index (χ4n) is 1.74. The first kappa shape index (κ1) is 18.4. The normalized spacial score (nSPS) is 12.8. The van der Waals surface area contributed by atoms with Gasteiger partial charge in [-0.3, -0.25) is 14.4 Å². The highest BCUT2D eigenvalue weighted by molar-refractivity contribution is 5.71. The van der Waals surface area contributed by atoms with Gasteiger partial charge in [-0.15, -0.1) is 0 Å². The number of quaternary nitrogens is 1. The average molecular weight is 290 g/mol. The van der Waals surface area contributed by atoms with Crippen LogP contribution in [0.3, 0.4) is 0 Å². The van der Waals surface area contributed by atoms with Crippen LogP contribution in [0.15, 0.2) is 0 Å². The van der Waals surface area contributed by atoms with Crippen molar-refractivity contribution < 1.29 is 33.8 Å². The van der Waals surface area contributed by atoms with Gasteiger partial charge in [-0.05, 0) is 12.8 Å². The van der Waals surface area contributed by atoms with E-state index in [4.69, 9.17) is 14.9 Å². The van der Waals surface area contributed by atoms with E-state index >= 15 is 0 Å². The van der Waals surface area contributed by atoms with E-state index in [-0.39, 0.29) is 19.3 Å². The van der Waals surface area contributed by atoms with Crippen molar-refractivity contribution >= 4 is 17.9 Å². The number of carbonyl (C=O) groups is 3. The minimum absolute atomic E-state index is 0.0186. The van der Waals surface area contributed by atoms with Crippen molar-refractivity contribution in [3.8, 4) is 0 Å². The maximum Gasteiger partial charge on any atom is 0.307 e. The molecule has 0 fully saturated rings. The highest BCUT2D eigenvalue weighted by Gasteiger charge is 2.24. The number of nitrogens with zero attached hydrogens (tertiary/aromatic N) is 1. The van der Waals surface area contributed by atoms with Gasteiger partial charge in [0.1, 0.15) is 6.54 Å². The number of carboxylic acid groups (broad SMARTS) is 2. The Hall–Kier alpha value is -1.63. The molecule has 116 valence electrons. The molecule has 0 aliphatic rings. The highest BCUT2D eigenvalue weighted by Crippen LogP contribution is 2.08. The second-order valence-corrected chi connectivity index (χ2v) is 5.78. The minimum Gasteiger partial charge on any atom is -0.481 e. The van der Waals surface area contributed by atoms with Crippen molar-refractivity contribution in [3.63, 3.8) is 0 Å². The Balaban J connectivity index is 4.18. The predicted molar refractivity (Wildman–Crippen MR) is 71.1 cm³/mol. The zero-order valence-electron chi connectivity index (χ0n) is 12.3. The van der Waals surface area contributed by atoms with Crippen molar-refractivity contribution in [2.24, 2.45) is 0 Å². The molecule has 0 aromatic carbocycles. The van der Waals surface area contributed by atoms with Crippen LogP contribution in [0, 0.1) is 0 Å². The van der Waals surface area contributed by atoms with Crippen molar-refractivity contribution in [1.29, 1.82) is 0 Å². The first-order chi connectivity index (χ1) is 9.10. The highest BCUT2D eigenvalue weighted by atomic mass is 16.5. The third-order valence-corrected chi connectivity index (χ3v) is 2.47. The Morgan fingerprint density at radius 2 is 1.55 bits per heavy atom. The van der Waals surface area contributed by atoms with E-state index in [0.29, 0.717) is 23.9 Å². The Morgan fingerprint density at radius 3 is 2.00 bits per heavy atom. The van der Waals surface area contributed by atoms with Crippen LogP contribution in [0.5, 0.6) is 0 Å². The van der Waals surface area contributed by atoms with Crippen molar-refractivity contribution in [2.45, 2.75) is 38.2 Å². The van der Waals surface area contributed by atoms with E-state index in [0.717, 1.165) is 0 Å². The zero-order valence-corrected chi connectivity index (χ0v) is 12.3. The van der Waals surface area contributed by atoms with Crippen LogP contribution in [0.4, 0.5) is 0 Å². The average Bonchev–Trinajstić information content (AvgIpc) is 2.20. The number of carbonyl (C=O) groups excluding carboxylic acids is 1. The third-order valence-electron chi connectivity index (χ3n) is 2.47. The molecule has 0 heterocycles. The summed E-state index contributed by atoms with van der Waals surface area (Å²) in [5.74, 6) is -2.38. The SMILES string of the molecule is C[N+](C)(C)C[C@@H](CC(=O)O)OC(=O)CCCCC(=O)O. The monoisotopic (exact) mass is 290 g/mol. The molecule has 0 amide bonds. The smallest absolute Gasteiger partial charge is 0.307 e. The number of likely N-dealkylation sites (N-methyl/N-ethyl adjacent to an activating group) is 1. The largest absolute Gasteiger partial charge is 0.481 e. The van der Waals surface area contributed by atoms with Crippen LogP contribution in [0.1, 0.15) is 32.1 Å². The summed E-state index contributed by atoms with van der Waals surface area (Å²) in [5.41, 5.74) is 0. The summed E-state index contributed by atoms with van der Waals surface area (Å²) in [5, 5.41) is 17.3. The first-order valence-corrected chi connectivity index (χ1v) is 6.53. The van der Waals surface area contributed by atoms with Crippen molar-refractivity contribution in [3.05, 3.63) is 0 Å². The number of aliphatic carboxylic acids is 2. The zero-order chi connectivity index (χ0) is 15.8. The van der Waals surface area contributed by atoms with Gasteiger partial charge in [-0.2, -0.15) is 0 Å². The van der Waals surface area contributed by atoms with Gasteiger partial charge in [0, 0.05) is 12.8 Å². The molecule has 7 nitrogen and oxygen atoms in total. The van der Waals surface area contributed by atoms with Crippen LogP contribution in [-0.4, -0.2) is 66.4 Å². The molecule has 2 N–H and O–H groups in total. The third kappa shape index (κ3) is 11.5. The van der Waals surface area contributed by atoms with E-state index in [1.807, 2.05) is 21.1 Å². The van der Waals surface area contributed by atoms with E-state index < -0.39 is 24.0 Å². The van der Waals surface area contributed by atoms with Gasteiger partial charge in [0.2, 0.25) is 0 Å². The van der Waals surface area contributed by atoms with Crippen LogP contribution >= 0.6 is 0 Å². The van der Waals surface area contributed by atoms with Crippen LogP contribution in [0.2, 0.25) is 0 Å². The molecule has 0 spiro atoms. The minimum atomic E-state index is -1.01. The molecule has 0 aliphatic heterocycles. The topological polar surface area (TPSA) is 101 Å². The molecule has 0 unspecified atom stereocenters. The van der Waals surface area contributed by atoms with Crippen molar-refractivity contribution in [2.75, 3.05) is 27.7 Å². The summed E-state index contributed by atoms with van der Waals surface area (Å²) in [6.07, 6.45) is 0.0693. The van der Waals surface area contributed by atoms with Crippen LogP contribution in [-0.2, 0) is 19.1 Å². The lowest BCUT2D eigenvalue weighted by Crippen LogP contribution is -2.43. The lowest BCUT2D eigenvalue weighted by molar-refractivity contribution is -0.873. The van der Waals surface area contributed by atoms with Gasteiger partial charge in [0.15, 0.2) is 6.10 Å². The summed E-state index contributed by atoms with van der Waals surface area (Å²) in [7, 11) is 5.65. The number of unbranched alkanes of at least 4 members (excludes halogenated alkanes) is 1. The van der Waals surface area contributed by atoms with Crippen molar-refractivity contribution in [1.82, 2.24) is 0 Å². The molecule has 0 aromatic heterocycles. The molecule has 0 bridgehead atoms. The lowest BCUT2D eigenvalue weighted by atomic mass is 10.2. The number of esters is 1. The van der Waals surface area contributed by atoms with E-state index in [2.05, 4.69) is 0 Å². The van der Waals surface area contributed by atoms with Gasteiger partial charge in [0.25, 0.3) is 0 Å². The van der Waals surface area contributed by atoms with Gasteiger partial charge in [0.05, 0.1) is 27.6 Å². The van der Waals surface area contributed by atoms with E-state index in [1.165, 1.54) is 0 Å². The second-order valence-electron chi connectivity index (χ2n) is 5.78. The summed E-state index contributed by atoms with van der Waals surface area (Å²) in [6.45, 7) is 0.410. The van der Waals surface area contributed by atoms with Gasteiger partial charge in [-0.25, -0.2) is 0 Å². The molecule has 0 rings (SSSR count). The Morgan fingerprint density at radius 1 is 1.00 bits per heavy atom. The maximum absolute atomic E-state index is 11.6. The first-order valence-electron chi connectivity index (χ1n) is 6.53. The van der Waals surface area contributed by atoms with Crippen LogP contribution in [0.25, 0.3) is 0 Å². The predicted octanol–water partition coefficient (Wildman–Crippen LogP) is 0.724. The molecule has 1 atom stereocenters. The van der Waals surface area contributed by atoms with Gasteiger partial charge in [-0.1, -0.05) is 0 Å². The second kappa shape index (κ2) is 8.52. The Bertz CT molecular complexity index is 347. The lowest BCUT2D eigenvalue weighted by Gasteiger charge is -2.28. The number of carboxylic acids is 2. The van der Waals surface area contributed by atoms with Crippen LogP contribution < -0.4 is 0 Å². The van der Waals surface area contributed by atoms with E-state index in [1.54, 1.807) is 0 Å². The van der Waals surface area contributed by atoms with Gasteiger partial charge >= 0.3 is 17.9 Å². The summed E-state index contributed by atoms with van der Waals surface area (Å²) in [4.78, 5) is 32.7. The Labute approximate surface area is 118 Å². The Kier molecular flexibility index (Phi) is 7.83. The number of hydrogen-bond donors (Lipinski definition) is 2. The molecule has 0 aromatic rings. The summed E-state index contributed by atoms with van der Waals surface area (Å²) >= 11 is 0. The molecule has 0 saturated heterocycles. The number of ether oxygens (including phenoxy) is 1. The summed E-state index contributed by atoms with van der Waals surface area (Å²) in [6, 6.07) is 0. The standard InChI is InChI=1S/C13H23NO6/c1-14(2,3)9-10(8-12(17)18)20-13(19)7-5-4-6-11(15)16/h10H,4-9H2,1-3H3,(H-,15,16,17,18)/p+1/t10-/m1/s1. The number of rotatable bonds is 10. The quantitative estimate of drug-likeness (QED) is 0.349. The fraction of sp³-hybridized carbons (Fsp3) is 0.769. The fourth-order valence-corrected chi connectivity index (χ4v) is 1.74. The molecule has 0 radical (unpaired) electrons. The number of hydrogen-bond acceptors (Lipinski definition) is 4.